The molecule has 2 bridgehead atoms. The summed E-state index contributed by atoms with van der Waals surface area (Å²) in [4.78, 5) is 25.1. The summed E-state index contributed by atoms with van der Waals surface area (Å²) in [6, 6.07) is 11.0. The number of nitrogens with zero attached hydrogens (tertiary/aromatic N) is 3. The molecule has 2 aliphatic rings. The molecule has 2 saturated heterocycles. The first-order chi connectivity index (χ1) is 15.1. The lowest BCUT2D eigenvalue weighted by molar-refractivity contribution is 0.107. The summed E-state index contributed by atoms with van der Waals surface area (Å²) in [6.45, 7) is 0.928. The van der Waals surface area contributed by atoms with Gasteiger partial charge in [0.15, 0.2) is 5.03 Å². The van der Waals surface area contributed by atoms with Crippen LogP contribution in [0.25, 0.3) is 10.3 Å². The molecule has 2 aromatic heterocycles. The summed E-state index contributed by atoms with van der Waals surface area (Å²) in [6.07, 6.45) is 5.66. The van der Waals surface area contributed by atoms with E-state index in [1.807, 2.05) is 29.8 Å². The number of hydrogen-bond donors (Lipinski definition) is 1. The van der Waals surface area contributed by atoms with E-state index in [2.05, 4.69) is 32.3 Å². The molecule has 2 atom stereocenters. The van der Waals surface area contributed by atoms with E-state index in [0.29, 0.717) is 17.1 Å². The summed E-state index contributed by atoms with van der Waals surface area (Å²) in [7, 11) is 0. The highest BCUT2D eigenvalue weighted by Gasteiger charge is 2.41. The first kappa shape index (κ1) is 21.0. The Hall–Kier alpha value is -1.87. The topological polar surface area (TPSA) is 67.3 Å². The van der Waals surface area contributed by atoms with E-state index < -0.39 is 6.09 Å². The number of carbonyl (C=O) groups excluding carboxylic acids is 1. The molecule has 1 amide bonds. The molecule has 5 rings (SSSR count). The zero-order chi connectivity index (χ0) is 21.4. The molecular formula is C22H23ClN4O2S2. The third-order valence-electron chi connectivity index (χ3n) is 6.10. The van der Waals surface area contributed by atoms with Gasteiger partial charge >= 0.3 is 6.09 Å². The number of ether oxygens (including phenoxy) is 1. The number of nitrogens with one attached hydrogen (secondary N) is 1. The van der Waals surface area contributed by atoms with E-state index in [-0.39, 0.29) is 11.9 Å². The number of amides is 1. The molecule has 0 radical (unpaired) electrons. The Labute approximate surface area is 194 Å². The van der Waals surface area contributed by atoms with Crippen molar-refractivity contribution in [2.24, 2.45) is 0 Å². The Morgan fingerprint density at radius 2 is 1.97 bits per heavy atom. The minimum atomic E-state index is -0.449. The third kappa shape index (κ3) is 4.53. The fraction of sp³-hybridized carbons (Fsp3) is 0.409. The van der Waals surface area contributed by atoms with Crippen LogP contribution in [0.3, 0.4) is 0 Å². The van der Waals surface area contributed by atoms with Gasteiger partial charge in [-0.05, 0) is 61.1 Å². The number of aromatic nitrogens is 2. The second kappa shape index (κ2) is 8.94. The SMILES string of the molecule is CSc1nc2sccc2nc1OC(=O)NC1CC2CCC(C1)N2Cc1ccc(Cl)cc1. The normalized spacial score (nSPS) is 23.2. The van der Waals surface area contributed by atoms with Gasteiger partial charge in [0.2, 0.25) is 0 Å². The van der Waals surface area contributed by atoms with Gasteiger partial charge in [-0.15, -0.1) is 23.1 Å². The molecule has 4 heterocycles. The number of hydrogen-bond acceptors (Lipinski definition) is 7. The lowest BCUT2D eigenvalue weighted by Crippen LogP contribution is -2.50. The summed E-state index contributed by atoms with van der Waals surface area (Å²) >= 11 is 8.97. The summed E-state index contributed by atoms with van der Waals surface area (Å²) in [5, 5.41) is 6.40. The Balaban J connectivity index is 1.21. The van der Waals surface area contributed by atoms with Crippen LogP contribution in [0, 0.1) is 0 Å². The highest BCUT2D eigenvalue weighted by Crippen LogP contribution is 2.37. The quantitative estimate of drug-likeness (QED) is 0.503. The second-order valence-corrected chi connectivity index (χ2v) is 10.2. The molecule has 3 aromatic rings. The van der Waals surface area contributed by atoms with Crippen molar-refractivity contribution in [2.45, 2.75) is 55.4 Å². The van der Waals surface area contributed by atoms with Crippen LogP contribution in [-0.2, 0) is 6.54 Å². The maximum atomic E-state index is 12.6. The second-order valence-electron chi connectivity index (χ2n) is 8.04. The molecule has 162 valence electrons. The third-order valence-corrected chi connectivity index (χ3v) is 7.80. The van der Waals surface area contributed by atoms with Crippen LogP contribution in [-0.4, -0.2) is 45.3 Å². The molecule has 1 aromatic carbocycles. The van der Waals surface area contributed by atoms with Crippen molar-refractivity contribution < 1.29 is 9.53 Å². The predicted molar refractivity (Wildman–Crippen MR) is 125 cm³/mol. The van der Waals surface area contributed by atoms with Crippen LogP contribution in [0.15, 0.2) is 40.7 Å². The largest absolute Gasteiger partial charge is 0.414 e. The Bertz CT molecular complexity index is 1080. The molecule has 6 nitrogen and oxygen atoms in total. The zero-order valence-electron chi connectivity index (χ0n) is 17.1. The van der Waals surface area contributed by atoms with Gasteiger partial charge in [0.1, 0.15) is 10.3 Å². The Kier molecular flexibility index (Phi) is 6.05. The van der Waals surface area contributed by atoms with Gasteiger partial charge in [-0.3, -0.25) is 4.90 Å². The van der Waals surface area contributed by atoms with Crippen molar-refractivity contribution in [2.75, 3.05) is 6.26 Å². The highest BCUT2D eigenvalue weighted by atomic mass is 35.5. The molecule has 0 saturated carbocycles. The standard InChI is InChI=1S/C22H23ClN4O2S2/c1-30-21-19(25-18-8-9-31-20(18)26-21)29-22(28)24-15-10-16-6-7-17(11-15)27(16)12-13-2-4-14(23)5-3-13/h2-5,8-9,15-17H,6-7,10-12H2,1H3,(H,24,28). The van der Waals surface area contributed by atoms with E-state index in [0.717, 1.165) is 34.8 Å². The fourth-order valence-corrected chi connectivity index (χ4v) is 6.03. The molecule has 2 fully saturated rings. The van der Waals surface area contributed by atoms with E-state index in [4.69, 9.17) is 16.3 Å². The average Bonchev–Trinajstić information content (AvgIpc) is 3.29. The number of benzene rings is 1. The minimum absolute atomic E-state index is 0.113. The smallest absolute Gasteiger partial charge is 0.388 e. The lowest BCUT2D eigenvalue weighted by atomic mass is 9.96. The lowest BCUT2D eigenvalue weighted by Gasteiger charge is -2.39. The van der Waals surface area contributed by atoms with E-state index in [1.54, 1.807) is 0 Å². The van der Waals surface area contributed by atoms with Crippen molar-refractivity contribution in [3.8, 4) is 5.88 Å². The predicted octanol–water partition coefficient (Wildman–Crippen LogP) is 5.35. The van der Waals surface area contributed by atoms with Gasteiger partial charge in [0.05, 0.1) is 0 Å². The maximum Gasteiger partial charge on any atom is 0.414 e. The molecule has 0 spiro atoms. The van der Waals surface area contributed by atoms with Crippen LogP contribution in [0.5, 0.6) is 5.88 Å². The van der Waals surface area contributed by atoms with Gasteiger partial charge in [-0.1, -0.05) is 23.7 Å². The average molecular weight is 475 g/mol. The van der Waals surface area contributed by atoms with Gasteiger partial charge in [0, 0.05) is 29.7 Å². The Morgan fingerprint density at radius 3 is 2.68 bits per heavy atom. The van der Waals surface area contributed by atoms with E-state index in [9.17, 15) is 4.79 Å². The summed E-state index contributed by atoms with van der Waals surface area (Å²) < 4.78 is 5.58. The highest BCUT2D eigenvalue weighted by molar-refractivity contribution is 7.98. The van der Waals surface area contributed by atoms with Crippen LogP contribution in [0.4, 0.5) is 4.79 Å². The number of thioether (sulfide) groups is 1. The summed E-state index contributed by atoms with van der Waals surface area (Å²) in [5.74, 6) is 0.277. The van der Waals surface area contributed by atoms with Crippen molar-refractivity contribution >= 4 is 51.1 Å². The first-order valence-corrected chi connectivity index (χ1v) is 12.8. The maximum absolute atomic E-state index is 12.6. The molecule has 9 heteroatoms. The number of fused-ring (bicyclic) bond motifs is 3. The number of halogens is 1. The number of piperidine rings is 1. The van der Waals surface area contributed by atoms with Crippen LogP contribution in [0.1, 0.15) is 31.2 Å². The van der Waals surface area contributed by atoms with Crippen LogP contribution >= 0.6 is 34.7 Å². The van der Waals surface area contributed by atoms with Gasteiger partial charge in [-0.2, -0.15) is 0 Å². The zero-order valence-corrected chi connectivity index (χ0v) is 19.5. The van der Waals surface area contributed by atoms with Gasteiger partial charge in [0.25, 0.3) is 5.88 Å². The Morgan fingerprint density at radius 1 is 1.23 bits per heavy atom. The molecule has 2 unspecified atom stereocenters. The van der Waals surface area contributed by atoms with Crippen LogP contribution < -0.4 is 10.1 Å². The first-order valence-electron chi connectivity index (χ1n) is 10.4. The van der Waals surface area contributed by atoms with Crippen molar-refractivity contribution in [1.29, 1.82) is 0 Å². The van der Waals surface area contributed by atoms with Crippen molar-refractivity contribution in [1.82, 2.24) is 20.2 Å². The van der Waals surface area contributed by atoms with Crippen LogP contribution in [0.2, 0.25) is 5.02 Å². The van der Waals surface area contributed by atoms with E-state index in [1.165, 1.54) is 41.5 Å². The minimum Gasteiger partial charge on any atom is -0.388 e. The van der Waals surface area contributed by atoms with Crippen molar-refractivity contribution in [3.63, 3.8) is 0 Å². The monoisotopic (exact) mass is 474 g/mol. The van der Waals surface area contributed by atoms with Gasteiger partial charge < -0.3 is 10.1 Å². The fourth-order valence-electron chi connectivity index (χ4n) is 4.69. The molecule has 31 heavy (non-hydrogen) atoms. The number of rotatable bonds is 5. The van der Waals surface area contributed by atoms with Gasteiger partial charge in [-0.25, -0.2) is 14.8 Å². The molecule has 2 aliphatic heterocycles. The molecular weight excluding hydrogens is 452 g/mol. The molecule has 1 N–H and O–H groups in total. The van der Waals surface area contributed by atoms with E-state index >= 15 is 0 Å². The summed E-state index contributed by atoms with van der Waals surface area (Å²) in [5.41, 5.74) is 2.03. The number of carbonyl (C=O) groups is 1. The molecule has 0 aliphatic carbocycles. The van der Waals surface area contributed by atoms with Crippen molar-refractivity contribution in [3.05, 3.63) is 46.3 Å². The number of thiophene rings is 1.